The normalized spacial score (nSPS) is 21.0. The zero-order valence-electron chi connectivity index (χ0n) is 13.2. The van der Waals surface area contributed by atoms with Gasteiger partial charge in [-0.25, -0.2) is 4.79 Å². The highest BCUT2D eigenvalue weighted by Crippen LogP contribution is 2.36. The molecular weight excluding hydrogens is 321 g/mol. The number of carbonyl (C=O) groups excluding carboxylic acids is 2. The van der Waals surface area contributed by atoms with Crippen LogP contribution in [0.4, 0.5) is 18.0 Å². The second-order valence-electron chi connectivity index (χ2n) is 6.47. The van der Waals surface area contributed by atoms with Crippen molar-refractivity contribution in [2.24, 2.45) is 0 Å². The summed E-state index contributed by atoms with van der Waals surface area (Å²) >= 11 is 0. The van der Waals surface area contributed by atoms with Gasteiger partial charge in [-0.3, -0.25) is 9.69 Å². The molecule has 7 heteroatoms. The van der Waals surface area contributed by atoms with Gasteiger partial charge in [0.1, 0.15) is 5.54 Å². The quantitative estimate of drug-likeness (QED) is 0.832. The Morgan fingerprint density at radius 3 is 2.29 bits per heavy atom. The van der Waals surface area contributed by atoms with E-state index in [-0.39, 0.29) is 12.1 Å². The van der Waals surface area contributed by atoms with Crippen molar-refractivity contribution in [3.8, 4) is 0 Å². The van der Waals surface area contributed by atoms with Gasteiger partial charge in [0.05, 0.1) is 12.1 Å². The lowest BCUT2D eigenvalue weighted by atomic mass is 9.90. The van der Waals surface area contributed by atoms with Crippen LogP contribution >= 0.6 is 0 Å². The first-order chi connectivity index (χ1) is 11.3. The number of alkyl halides is 3. The van der Waals surface area contributed by atoms with Gasteiger partial charge in [0, 0.05) is 0 Å². The Morgan fingerprint density at radius 1 is 1.04 bits per heavy atom. The predicted molar refractivity (Wildman–Crippen MR) is 81.0 cm³/mol. The van der Waals surface area contributed by atoms with Crippen molar-refractivity contribution in [1.82, 2.24) is 10.2 Å². The van der Waals surface area contributed by atoms with Crippen LogP contribution in [0.5, 0.6) is 0 Å². The van der Waals surface area contributed by atoms with Crippen LogP contribution < -0.4 is 5.32 Å². The summed E-state index contributed by atoms with van der Waals surface area (Å²) in [5, 5.41) is 2.74. The fraction of sp³-hybridized carbons (Fsp3) is 0.529. The lowest BCUT2D eigenvalue weighted by Crippen LogP contribution is -2.46. The SMILES string of the molecule is O=C1NC2(CCCCCC2)C(=O)N1Cc1ccccc1C(F)(F)F. The maximum Gasteiger partial charge on any atom is 0.416 e. The average molecular weight is 340 g/mol. The number of amides is 3. The molecule has 1 aliphatic carbocycles. The molecule has 2 fully saturated rings. The summed E-state index contributed by atoms with van der Waals surface area (Å²) in [6.45, 7) is -0.359. The minimum absolute atomic E-state index is 0.0702. The van der Waals surface area contributed by atoms with Crippen molar-refractivity contribution in [2.45, 2.75) is 56.8 Å². The molecule has 1 spiro atoms. The third kappa shape index (κ3) is 2.99. The smallest absolute Gasteiger partial charge is 0.323 e. The molecular formula is C17H19F3N2O2. The van der Waals surface area contributed by atoms with E-state index in [0.29, 0.717) is 12.8 Å². The summed E-state index contributed by atoms with van der Waals surface area (Å²) in [6, 6.07) is 4.45. The Labute approximate surface area is 138 Å². The highest BCUT2D eigenvalue weighted by molar-refractivity contribution is 6.07. The maximum atomic E-state index is 13.1. The second kappa shape index (κ2) is 6.11. The van der Waals surface area contributed by atoms with Gasteiger partial charge >= 0.3 is 12.2 Å². The van der Waals surface area contributed by atoms with Gasteiger partial charge in [0.25, 0.3) is 5.91 Å². The minimum Gasteiger partial charge on any atom is -0.323 e. The van der Waals surface area contributed by atoms with Crippen molar-refractivity contribution < 1.29 is 22.8 Å². The third-order valence-corrected chi connectivity index (χ3v) is 4.85. The molecule has 0 unspecified atom stereocenters. The molecule has 130 valence electrons. The van der Waals surface area contributed by atoms with Gasteiger partial charge in [-0.2, -0.15) is 13.2 Å². The van der Waals surface area contributed by atoms with Crippen LogP contribution in [0.15, 0.2) is 24.3 Å². The molecule has 4 nitrogen and oxygen atoms in total. The lowest BCUT2D eigenvalue weighted by Gasteiger charge is -2.25. The fourth-order valence-corrected chi connectivity index (χ4v) is 3.60. The number of carbonyl (C=O) groups is 2. The van der Waals surface area contributed by atoms with E-state index < -0.39 is 29.2 Å². The highest BCUT2D eigenvalue weighted by Gasteiger charge is 2.51. The molecule has 1 saturated heterocycles. The van der Waals surface area contributed by atoms with Crippen molar-refractivity contribution in [3.05, 3.63) is 35.4 Å². The van der Waals surface area contributed by atoms with Gasteiger partial charge in [0.15, 0.2) is 0 Å². The van der Waals surface area contributed by atoms with Crippen molar-refractivity contribution in [2.75, 3.05) is 0 Å². The molecule has 1 heterocycles. The van der Waals surface area contributed by atoms with Crippen molar-refractivity contribution in [3.63, 3.8) is 0 Å². The number of halogens is 3. The lowest BCUT2D eigenvalue weighted by molar-refractivity contribution is -0.139. The molecule has 1 aromatic rings. The van der Waals surface area contributed by atoms with Crippen LogP contribution in [0.2, 0.25) is 0 Å². The molecule has 3 rings (SSSR count). The van der Waals surface area contributed by atoms with E-state index in [1.165, 1.54) is 18.2 Å². The van der Waals surface area contributed by atoms with Crippen molar-refractivity contribution >= 4 is 11.9 Å². The van der Waals surface area contributed by atoms with Crippen LogP contribution in [0.3, 0.4) is 0 Å². The van der Waals surface area contributed by atoms with Crippen LogP contribution in [0, 0.1) is 0 Å². The van der Waals surface area contributed by atoms with Gasteiger partial charge in [-0.1, -0.05) is 43.9 Å². The first-order valence-electron chi connectivity index (χ1n) is 8.13. The first-order valence-corrected chi connectivity index (χ1v) is 8.13. The monoisotopic (exact) mass is 340 g/mol. The average Bonchev–Trinajstić information content (AvgIpc) is 2.71. The van der Waals surface area contributed by atoms with Gasteiger partial charge in [-0.15, -0.1) is 0 Å². The number of imide groups is 1. The molecule has 1 aliphatic heterocycles. The number of benzene rings is 1. The van der Waals surface area contributed by atoms with Crippen LogP contribution in [-0.4, -0.2) is 22.4 Å². The summed E-state index contributed by atoms with van der Waals surface area (Å²) in [5.41, 5.74) is -1.81. The van der Waals surface area contributed by atoms with E-state index in [2.05, 4.69) is 5.32 Å². The standard InChI is InChI=1S/C17H19F3N2O2/c18-17(19,20)13-8-4-3-7-12(13)11-22-14(23)16(21-15(22)24)9-5-1-2-6-10-16/h3-4,7-8H,1-2,5-6,9-11H2,(H,21,24). The largest absolute Gasteiger partial charge is 0.416 e. The summed E-state index contributed by atoms with van der Waals surface area (Å²) in [6.07, 6.45) is 0.251. The first kappa shape index (κ1) is 16.8. The minimum atomic E-state index is -4.52. The summed E-state index contributed by atoms with van der Waals surface area (Å²) < 4.78 is 39.3. The van der Waals surface area contributed by atoms with E-state index in [0.717, 1.165) is 36.6 Å². The maximum absolute atomic E-state index is 13.1. The van der Waals surface area contributed by atoms with Gasteiger partial charge < -0.3 is 5.32 Å². The molecule has 0 bridgehead atoms. The second-order valence-corrected chi connectivity index (χ2v) is 6.47. The Balaban J connectivity index is 1.86. The topological polar surface area (TPSA) is 49.4 Å². The van der Waals surface area contributed by atoms with Gasteiger partial charge in [-0.05, 0) is 24.5 Å². The van der Waals surface area contributed by atoms with E-state index >= 15 is 0 Å². The molecule has 0 atom stereocenters. The summed E-state index contributed by atoms with van der Waals surface area (Å²) in [7, 11) is 0. The van der Waals surface area contributed by atoms with E-state index in [1.807, 2.05) is 0 Å². The molecule has 3 amide bonds. The molecule has 1 N–H and O–H groups in total. The Bertz CT molecular complexity index is 649. The number of hydrogen-bond acceptors (Lipinski definition) is 2. The van der Waals surface area contributed by atoms with E-state index in [4.69, 9.17) is 0 Å². The Morgan fingerprint density at radius 2 is 1.67 bits per heavy atom. The zero-order valence-corrected chi connectivity index (χ0v) is 13.2. The number of urea groups is 1. The van der Waals surface area contributed by atoms with Crippen LogP contribution in [-0.2, 0) is 17.5 Å². The van der Waals surface area contributed by atoms with Crippen LogP contribution in [0.1, 0.15) is 49.7 Å². The van der Waals surface area contributed by atoms with Crippen molar-refractivity contribution in [1.29, 1.82) is 0 Å². The third-order valence-electron chi connectivity index (χ3n) is 4.85. The highest BCUT2D eigenvalue weighted by atomic mass is 19.4. The molecule has 0 radical (unpaired) electrons. The molecule has 2 aliphatic rings. The summed E-state index contributed by atoms with van der Waals surface area (Å²) in [5.74, 6) is -0.397. The number of rotatable bonds is 2. The van der Waals surface area contributed by atoms with Gasteiger partial charge in [0.2, 0.25) is 0 Å². The zero-order chi connectivity index (χ0) is 17.4. The molecule has 24 heavy (non-hydrogen) atoms. The number of nitrogens with one attached hydrogen (secondary N) is 1. The van der Waals surface area contributed by atoms with Crippen LogP contribution in [0.25, 0.3) is 0 Å². The number of hydrogen-bond donors (Lipinski definition) is 1. The molecule has 1 aromatic carbocycles. The molecule has 1 saturated carbocycles. The molecule has 0 aromatic heterocycles. The van der Waals surface area contributed by atoms with E-state index in [9.17, 15) is 22.8 Å². The predicted octanol–water partition coefficient (Wildman–Crippen LogP) is 3.85. The Kier molecular flexibility index (Phi) is 4.27. The fourth-order valence-electron chi connectivity index (χ4n) is 3.60. The Hall–Kier alpha value is -2.05. The summed E-state index contributed by atoms with van der Waals surface area (Å²) in [4.78, 5) is 25.9. The number of nitrogens with zero attached hydrogens (tertiary/aromatic N) is 1. The van der Waals surface area contributed by atoms with E-state index in [1.54, 1.807) is 0 Å².